The Balaban J connectivity index is 1.51. The second-order valence-corrected chi connectivity index (χ2v) is 8.44. The van der Waals surface area contributed by atoms with Gasteiger partial charge in [0.25, 0.3) is 5.91 Å². The van der Waals surface area contributed by atoms with Gasteiger partial charge in [-0.25, -0.2) is 0 Å². The first-order chi connectivity index (χ1) is 15.4. The molecule has 0 saturated heterocycles. The van der Waals surface area contributed by atoms with Crippen molar-refractivity contribution in [2.45, 2.75) is 26.4 Å². The van der Waals surface area contributed by atoms with Crippen LogP contribution in [-0.4, -0.2) is 20.6 Å². The molecule has 0 fully saturated rings. The van der Waals surface area contributed by atoms with Crippen LogP contribution in [0.2, 0.25) is 0 Å². The van der Waals surface area contributed by atoms with E-state index >= 15 is 0 Å². The second-order valence-electron chi connectivity index (χ2n) is 7.46. The Labute approximate surface area is 189 Å². The van der Waals surface area contributed by atoms with Crippen molar-refractivity contribution in [1.29, 1.82) is 0 Å². The van der Waals surface area contributed by atoms with Crippen LogP contribution in [0.15, 0.2) is 72.1 Å². The van der Waals surface area contributed by atoms with Gasteiger partial charge in [0.1, 0.15) is 11.4 Å². The fraction of sp³-hybridized carbons (Fsp3) is 0.167. The number of thiophene rings is 1. The third-order valence-electron chi connectivity index (χ3n) is 5.31. The summed E-state index contributed by atoms with van der Waals surface area (Å²) in [6.07, 6.45) is 0. The van der Waals surface area contributed by atoms with Crippen LogP contribution < -0.4 is 5.32 Å². The van der Waals surface area contributed by atoms with Crippen molar-refractivity contribution >= 4 is 22.9 Å². The summed E-state index contributed by atoms with van der Waals surface area (Å²) in [5, 5.41) is 20.6. The van der Waals surface area contributed by atoms with Crippen LogP contribution in [0.5, 0.6) is 0 Å². The van der Waals surface area contributed by atoms with Crippen LogP contribution in [0.25, 0.3) is 0 Å². The van der Waals surface area contributed by atoms with Crippen LogP contribution in [0.4, 0.5) is 5.69 Å². The van der Waals surface area contributed by atoms with Gasteiger partial charge < -0.3 is 5.32 Å². The number of benzene rings is 2. The van der Waals surface area contributed by atoms with Crippen molar-refractivity contribution in [3.8, 4) is 0 Å². The van der Waals surface area contributed by atoms with E-state index in [1.165, 1.54) is 0 Å². The lowest BCUT2D eigenvalue weighted by molar-refractivity contribution is -0.386. The van der Waals surface area contributed by atoms with Crippen LogP contribution >= 0.6 is 11.3 Å². The fourth-order valence-electron chi connectivity index (χ4n) is 3.67. The van der Waals surface area contributed by atoms with E-state index < -0.39 is 4.92 Å². The second kappa shape index (κ2) is 9.15. The molecule has 2 aromatic carbocycles. The van der Waals surface area contributed by atoms with E-state index in [4.69, 9.17) is 0 Å². The molecule has 1 amide bonds. The molecule has 2 aromatic heterocycles. The average molecular weight is 447 g/mol. The number of nitrogens with one attached hydrogen (secondary N) is 1. The molecule has 7 nitrogen and oxygen atoms in total. The summed E-state index contributed by atoms with van der Waals surface area (Å²) in [4.78, 5) is 24.8. The first-order valence-corrected chi connectivity index (χ1v) is 11.0. The van der Waals surface area contributed by atoms with Crippen molar-refractivity contribution < 1.29 is 9.72 Å². The van der Waals surface area contributed by atoms with E-state index in [9.17, 15) is 14.9 Å². The molecule has 8 heteroatoms. The monoisotopic (exact) mass is 446 g/mol. The van der Waals surface area contributed by atoms with E-state index in [0.29, 0.717) is 23.5 Å². The number of aromatic nitrogens is 2. The largest absolute Gasteiger partial charge is 0.340 e. The molecule has 0 spiro atoms. The molecule has 1 atom stereocenters. The van der Waals surface area contributed by atoms with E-state index in [1.807, 2.05) is 60.0 Å². The van der Waals surface area contributed by atoms with Gasteiger partial charge in [-0.15, -0.1) is 11.3 Å². The smallest absolute Gasteiger partial charge is 0.312 e. The predicted molar refractivity (Wildman–Crippen MR) is 124 cm³/mol. The van der Waals surface area contributed by atoms with E-state index in [-0.39, 0.29) is 17.6 Å². The number of rotatable bonds is 7. The zero-order chi connectivity index (χ0) is 22.7. The number of hydrogen-bond acceptors (Lipinski definition) is 5. The van der Waals surface area contributed by atoms with E-state index in [1.54, 1.807) is 42.0 Å². The molecule has 0 bridgehead atoms. The zero-order valence-electron chi connectivity index (χ0n) is 17.7. The fourth-order valence-corrected chi connectivity index (χ4v) is 4.48. The Morgan fingerprint density at radius 2 is 1.81 bits per heavy atom. The molecular weight excluding hydrogens is 424 g/mol. The van der Waals surface area contributed by atoms with Crippen molar-refractivity contribution in [2.24, 2.45) is 0 Å². The van der Waals surface area contributed by atoms with Gasteiger partial charge in [-0.2, -0.15) is 5.10 Å². The first kappa shape index (κ1) is 21.5. The van der Waals surface area contributed by atoms with Gasteiger partial charge in [-0.05, 0) is 48.6 Å². The zero-order valence-corrected chi connectivity index (χ0v) is 18.5. The summed E-state index contributed by atoms with van der Waals surface area (Å²) >= 11 is 1.60. The van der Waals surface area contributed by atoms with Crippen molar-refractivity contribution in [3.63, 3.8) is 0 Å². The summed E-state index contributed by atoms with van der Waals surface area (Å²) in [5.41, 5.74) is 3.41. The third kappa shape index (κ3) is 4.45. The Hall–Kier alpha value is -3.78. The molecule has 0 radical (unpaired) electrons. The minimum atomic E-state index is -0.404. The van der Waals surface area contributed by atoms with Gasteiger partial charge in [0.2, 0.25) is 0 Å². The number of nitro groups is 1. The van der Waals surface area contributed by atoms with E-state index in [0.717, 1.165) is 16.0 Å². The highest BCUT2D eigenvalue weighted by Gasteiger charge is 2.22. The molecule has 1 N–H and O–H groups in total. The predicted octanol–water partition coefficient (Wildman–Crippen LogP) is 5.04. The van der Waals surface area contributed by atoms with Crippen molar-refractivity contribution in [2.75, 3.05) is 0 Å². The van der Waals surface area contributed by atoms with Gasteiger partial charge >= 0.3 is 5.69 Å². The summed E-state index contributed by atoms with van der Waals surface area (Å²) in [6.45, 7) is 3.71. The standard InChI is InChI=1S/C24H22N4O3S/c1-16-23(28(30)31)17(2)27(26-16)15-18-10-12-20(13-11-18)24(29)25-22(21-9-6-14-32-21)19-7-4-3-5-8-19/h3-14,22H,15H2,1-2H3,(H,25,29). The van der Waals surface area contributed by atoms with Gasteiger partial charge in [-0.3, -0.25) is 19.6 Å². The molecule has 0 aliphatic rings. The lowest BCUT2D eigenvalue weighted by atomic mass is 10.0. The molecule has 0 saturated carbocycles. The topological polar surface area (TPSA) is 90.1 Å². The van der Waals surface area contributed by atoms with Crippen LogP contribution in [-0.2, 0) is 6.54 Å². The summed E-state index contributed by atoms with van der Waals surface area (Å²) in [7, 11) is 0. The van der Waals surface area contributed by atoms with Crippen LogP contribution in [0, 0.1) is 24.0 Å². The summed E-state index contributed by atoms with van der Waals surface area (Å²) in [5.74, 6) is -0.166. The maximum Gasteiger partial charge on any atom is 0.312 e. The highest BCUT2D eigenvalue weighted by Crippen LogP contribution is 2.26. The van der Waals surface area contributed by atoms with Gasteiger partial charge in [0, 0.05) is 10.4 Å². The minimum absolute atomic E-state index is 0.0431. The molecule has 0 aliphatic carbocycles. The molecule has 4 rings (SSSR count). The maximum absolute atomic E-state index is 13.0. The number of aryl methyl sites for hydroxylation is 1. The first-order valence-electron chi connectivity index (χ1n) is 10.1. The number of amides is 1. The number of hydrogen-bond donors (Lipinski definition) is 1. The lowest BCUT2D eigenvalue weighted by Gasteiger charge is -2.18. The SMILES string of the molecule is Cc1nn(Cc2ccc(C(=O)NC(c3ccccc3)c3cccs3)cc2)c(C)c1[N+](=O)[O-]. The number of nitrogens with zero attached hydrogens (tertiary/aromatic N) is 3. The lowest BCUT2D eigenvalue weighted by Crippen LogP contribution is -2.28. The summed E-state index contributed by atoms with van der Waals surface area (Å²) in [6, 6.07) is 20.9. The Bertz CT molecular complexity index is 1230. The Morgan fingerprint density at radius 3 is 2.41 bits per heavy atom. The summed E-state index contributed by atoms with van der Waals surface area (Å²) < 4.78 is 1.62. The molecule has 1 unspecified atom stereocenters. The van der Waals surface area contributed by atoms with Gasteiger partial charge in [0.15, 0.2) is 0 Å². The molecular formula is C24H22N4O3S. The Kier molecular flexibility index (Phi) is 6.13. The molecule has 32 heavy (non-hydrogen) atoms. The highest BCUT2D eigenvalue weighted by atomic mass is 32.1. The third-order valence-corrected chi connectivity index (χ3v) is 6.25. The number of carbonyl (C=O) groups excluding carboxylic acids is 1. The number of carbonyl (C=O) groups is 1. The van der Waals surface area contributed by atoms with Crippen LogP contribution in [0.3, 0.4) is 0 Å². The van der Waals surface area contributed by atoms with Gasteiger partial charge in [-0.1, -0.05) is 48.5 Å². The highest BCUT2D eigenvalue weighted by molar-refractivity contribution is 7.10. The normalized spacial score (nSPS) is 11.8. The van der Waals surface area contributed by atoms with Gasteiger partial charge in [0.05, 0.1) is 17.5 Å². The molecule has 0 aliphatic heterocycles. The average Bonchev–Trinajstić information content (AvgIpc) is 3.41. The molecule has 2 heterocycles. The maximum atomic E-state index is 13.0. The van der Waals surface area contributed by atoms with Crippen molar-refractivity contribution in [3.05, 3.63) is 115 Å². The Morgan fingerprint density at radius 1 is 1.09 bits per heavy atom. The molecule has 162 valence electrons. The quantitative estimate of drug-likeness (QED) is 0.318. The molecule has 4 aromatic rings. The minimum Gasteiger partial charge on any atom is -0.340 e. The van der Waals surface area contributed by atoms with Crippen molar-refractivity contribution in [1.82, 2.24) is 15.1 Å². The van der Waals surface area contributed by atoms with E-state index in [2.05, 4.69) is 10.4 Å². The van der Waals surface area contributed by atoms with Crippen LogP contribution in [0.1, 0.15) is 43.8 Å².